The Hall–Kier alpha value is -3.06. The van der Waals surface area contributed by atoms with Crippen molar-refractivity contribution in [2.75, 3.05) is 7.11 Å². The number of methoxy groups -OCH3 is 1. The molecule has 0 bridgehead atoms. The number of amides is 1. The zero-order valence-electron chi connectivity index (χ0n) is 19.2. The first kappa shape index (κ1) is 24.1. The number of carboxylic acids is 1. The van der Waals surface area contributed by atoms with E-state index in [4.69, 9.17) is 16.3 Å². The molecule has 2 atom stereocenters. The number of aryl methyl sites for hydroxylation is 1. The molecule has 0 radical (unpaired) electrons. The predicted octanol–water partition coefficient (Wildman–Crippen LogP) is 5.08. The lowest BCUT2D eigenvalue weighted by atomic mass is 9.91. The molecule has 1 unspecified atom stereocenters. The van der Waals surface area contributed by atoms with Gasteiger partial charge in [0.15, 0.2) is 0 Å². The number of para-hydroxylation sites is 1. The Labute approximate surface area is 202 Å². The van der Waals surface area contributed by atoms with Crippen LogP contribution >= 0.6 is 11.6 Å². The molecule has 2 N–H and O–H groups in total. The molecule has 8 heteroatoms. The summed E-state index contributed by atoms with van der Waals surface area (Å²) in [5.41, 5.74) is 3.23. The average molecular weight is 487 g/mol. The number of nitrogens with zero attached hydrogens (tertiary/aromatic N) is 1. The molecule has 6 nitrogen and oxygen atoms in total. The number of halogens is 2. The number of fused-ring (bicyclic) bond motifs is 3. The normalized spacial score (nSPS) is 16.2. The van der Waals surface area contributed by atoms with E-state index in [-0.39, 0.29) is 17.0 Å². The second-order valence-corrected chi connectivity index (χ2v) is 9.07. The summed E-state index contributed by atoms with van der Waals surface area (Å²) in [6.45, 7) is 1.81. The Kier molecular flexibility index (Phi) is 7.12. The van der Waals surface area contributed by atoms with Gasteiger partial charge in [0, 0.05) is 23.5 Å². The molecule has 1 amide bonds. The first-order chi connectivity index (χ1) is 16.3. The molecule has 1 aliphatic rings. The molecule has 34 heavy (non-hydrogen) atoms. The Morgan fingerprint density at radius 2 is 2.09 bits per heavy atom. The van der Waals surface area contributed by atoms with E-state index in [9.17, 15) is 19.1 Å². The van der Waals surface area contributed by atoms with E-state index in [1.807, 2.05) is 31.2 Å². The zero-order valence-corrected chi connectivity index (χ0v) is 20.0. The number of carbonyl (C=O) groups excluding carboxylic acids is 1. The fourth-order valence-corrected chi connectivity index (χ4v) is 5.32. The van der Waals surface area contributed by atoms with Crippen LogP contribution in [0.25, 0.3) is 10.9 Å². The minimum absolute atomic E-state index is 0.0655. The summed E-state index contributed by atoms with van der Waals surface area (Å²) in [6, 6.07) is 9.34. The number of rotatable bonds is 8. The lowest BCUT2D eigenvalue weighted by Gasteiger charge is -2.26. The molecule has 2 aromatic carbocycles. The van der Waals surface area contributed by atoms with E-state index < -0.39 is 17.8 Å². The van der Waals surface area contributed by atoms with Crippen molar-refractivity contribution in [3.63, 3.8) is 0 Å². The van der Waals surface area contributed by atoms with Gasteiger partial charge in [-0.15, -0.1) is 0 Å². The van der Waals surface area contributed by atoms with Gasteiger partial charge in [0.1, 0.15) is 17.6 Å². The van der Waals surface area contributed by atoms with E-state index in [0.717, 1.165) is 22.6 Å². The van der Waals surface area contributed by atoms with Crippen molar-refractivity contribution in [3.8, 4) is 5.75 Å². The Balaban J connectivity index is 1.57. The average Bonchev–Trinajstić information content (AvgIpc) is 3.12. The van der Waals surface area contributed by atoms with E-state index in [1.54, 1.807) is 11.7 Å². The number of hydrogen-bond acceptors (Lipinski definition) is 3. The highest BCUT2D eigenvalue weighted by atomic mass is 35.5. The van der Waals surface area contributed by atoms with Crippen molar-refractivity contribution in [3.05, 3.63) is 64.1 Å². The summed E-state index contributed by atoms with van der Waals surface area (Å²) in [7, 11) is 1.61. The predicted molar refractivity (Wildman–Crippen MR) is 129 cm³/mol. The molecular formula is C26H28ClFN2O4. The van der Waals surface area contributed by atoms with Crippen molar-refractivity contribution < 1.29 is 23.8 Å². The third kappa shape index (κ3) is 4.62. The van der Waals surface area contributed by atoms with Gasteiger partial charge in [0.05, 0.1) is 17.6 Å². The SMILES string of the molecule is CCC(C(=O)O)n1c2c(c3cc(F)cc(Cl)c31)C[C@@H](NC(=O)CCc1ccccc1OC)CC2. The molecule has 0 fully saturated rings. The van der Waals surface area contributed by atoms with Crippen LogP contribution in [0.15, 0.2) is 36.4 Å². The summed E-state index contributed by atoms with van der Waals surface area (Å²) in [5, 5.41) is 13.7. The number of aromatic nitrogens is 1. The Morgan fingerprint density at radius 1 is 1.32 bits per heavy atom. The van der Waals surface area contributed by atoms with Gasteiger partial charge in [-0.25, -0.2) is 9.18 Å². The molecule has 0 aliphatic heterocycles. The highest BCUT2D eigenvalue weighted by molar-refractivity contribution is 6.35. The summed E-state index contributed by atoms with van der Waals surface area (Å²) < 4.78 is 21.4. The van der Waals surface area contributed by atoms with Crippen LogP contribution in [-0.2, 0) is 28.9 Å². The van der Waals surface area contributed by atoms with Gasteiger partial charge in [-0.2, -0.15) is 0 Å². The van der Waals surface area contributed by atoms with E-state index >= 15 is 0 Å². The summed E-state index contributed by atoms with van der Waals surface area (Å²) in [6.07, 6.45) is 2.99. The summed E-state index contributed by atoms with van der Waals surface area (Å²) in [4.78, 5) is 24.7. The van der Waals surface area contributed by atoms with Crippen LogP contribution in [-0.4, -0.2) is 34.7 Å². The zero-order chi connectivity index (χ0) is 24.4. The van der Waals surface area contributed by atoms with Crippen molar-refractivity contribution >= 4 is 34.4 Å². The van der Waals surface area contributed by atoms with Crippen LogP contribution in [0.4, 0.5) is 4.39 Å². The maximum Gasteiger partial charge on any atom is 0.326 e. The van der Waals surface area contributed by atoms with Crippen LogP contribution in [0.3, 0.4) is 0 Å². The second-order valence-electron chi connectivity index (χ2n) is 8.66. The van der Waals surface area contributed by atoms with Gasteiger partial charge in [-0.3, -0.25) is 4.79 Å². The fourth-order valence-electron chi connectivity index (χ4n) is 5.03. The van der Waals surface area contributed by atoms with Gasteiger partial charge in [-0.05, 0) is 61.4 Å². The lowest BCUT2D eigenvalue weighted by molar-refractivity contribution is -0.141. The van der Waals surface area contributed by atoms with E-state index in [0.29, 0.717) is 49.4 Å². The molecule has 1 heterocycles. The summed E-state index contributed by atoms with van der Waals surface area (Å²) >= 11 is 6.40. The molecule has 0 spiro atoms. The minimum Gasteiger partial charge on any atom is -0.496 e. The van der Waals surface area contributed by atoms with Crippen LogP contribution in [0.1, 0.15) is 49.0 Å². The third-order valence-corrected chi connectivity index (χ3v) is 6.86. The van der Waals surface area contributed by atoms with Crippen LogP contribution in [0, 0.1) is 5.82 Å². The van der Waals surface area contributed by atoms with E-state index in [2.05, 4.69) is 5.32 Å². The standard InChI is InChI=1S/C26H28ClFN2O4/c1-3-21(26(32)33)30-22-10-9-17(14-18(22)19-12-16(28)13-20(27)25(19)30)29-24(31)11-8-15-6-4-5-7-23(15)34-2/h4-7,12-13,17,21H,3,8-11,14H2,1-2H3,(H,29,31)(H,32,33)/t17-,21?/m0/s1. The van der Waals surface area contributed by atoms with Gasteiger partial charge in [-0.1, -0.05) is 36.7 Å². The highest BCUT2D eigenvalue weighted by Crippen LogP contribution is 2.39. The number of nitrogens with one attached hydrogen (secondary N) is 1. The topological polar surface area (TPSA) is 80.6 Å². The molecule has 0 saturated heterocycles. The quantitative estimate of drug-likeness (QED) is 0.465. The lowest BCUT2D eigenvalue weighted by Crippen LogP contribution is -2.39. The first-order valence-electron chi connectivity index (χ1n) is 11.5. The van der Waals surface area contributed by atoms with Crippen molar-refractivity contribution in [1.29, 1.82) is 0 Å². The minimum atomic E-state index is -0.950. The third-order valence-electron chi connectivity index (χ3n) is 6.58. The van der Waals surface area contributed by atoms with Crippen molar-refractivity contribution in [1.82, 2.24) is 9.88 Å². The van der Waals surface area contributed by atoms with Crippen molar-refractivity contribution in [2.24, 2.45) is 0 Å². The molecule has 1 aromatic heterocycles. The summed E-state index contributed by atoms with van der Waals surface area (Å²) in [5.74, 6) is -0.726. The maximum atomic E-state index is 14.3. The number of carbonyl (C=O) groups is 2. The molecule has 180 valence electrons. The molecule has 1 aliphatic carbocycles. The number of aliphatic carboxylic acids is 1. The van der Waals surface area contributed by atoms with Crippen LogP contribution in [0.2, 0.25) is 5.02 Å². The van der Waals surface area contributed by atoms with Crippen LogP contribution in [0.5, 0.6) is 5.75 Å². The fraction of sp³-hybridized carbons (Fsp3) is 0.385. The van der Waals surface area contributed by atoms with Gasteiger partial charge >= 0.3 is 5.97 Å². The van der Waals surface area contributed by atoms with E-state index in [1.165, 1.54) is 12.1 Å². The maximum absolute atomic E-state index is 14.3. The van der Waals surface area contributed by atoms with Crippen molar-refractivity contribution in [2.45, 2.75) is 57.5 Å². The van der Waals surface area contributed by atoms with Gasteiger partial charge < -0.3 is 19.7 Å². The number of carboxylic acid groups (broad SMARTS) is 1. The Bertz CT molecular complexity index is 1240. The smallest absolute Gasteiger partial charge is 0.326 e. The Morgan fingerprint density at radius 3 is 2.79 bits per heavy atom. The highest BCUT2D eigenvalue weighted by Gasteiger charge is 2.32. The molecule has 0 saturated carbocycles. The number of benzene rings is 2. The molecule has 3 aromatic rings. The van der Waals surface area contributed by atoms with Gasteiger partial charge in [0.25, 0.3) is 0 Å². The number of hydrogen-bond donors (Lipinski definition) is 2. The monoisotopic (exact) mass is 486 g/mol. The molecule has 4 rings (SSSR count). The number of ether oxygens (including phenoxy) is 1. The first-order valence-corrected chi connectivity index (χ1v) is 11.9. The van der Waals surface area contributed by atoms with Crippen LogP contribution < -0.4 is 10.1 Å². The van der Waals surface area contributed by atoms with Gasteiger partial charge in [0.2, 0.25) is 5.91 Å². The molecular weight excluding hydrogens is 459 g/mol. The second kappa shape index (κ2) is 10.1. The largest absolute Gasteiger partial charge is 0.496 e.